The fraction of sp³-hybridized carbons (Fsp3) is 0.938. The molecule has 2 aliphatic rings. The Labute approximate surface area is 129 Å². The Morgan fingerprint density at radius 2 is 2.10 bits per heavy atom. The molecule has 21 heavy (non-hydrogen) atoms. The minimum Gasteiger partial charge on any atom is -0.382 e. The summed E-state index contributed by atoms with van der Waals surface area (Å²) in [5.41, 5.74) is 0. The molecule has 122 valence electrons. The third-order valence-corrected chi connectivity index (χ3v) is 4.59. The Kier molecular flexibility index (Phi) is 7.30. The number of nitrogens with one attached hydrogen (secondary N) is 2. The minimum atomic E-state index is 0.545. The number of hydrogen-bond acceptors (Lipinski definition) is 3. The molecule has 1 unspecified atom stereocenters. The summed E-state index contributed by atoms with van der Waals surface area (Å²) < 4.78 is 5.35. The first-order chi connectivity index (χ1) is 10.3. The van der Waals surface area contributed by atoms with Crippen molar-refractivity contribution < 1.29 is 4.74 Å². The molecule has 1 saturated carbocycles. The van der Waals surface area contributed by atoms with Crippen molar-refractivity contribution in [3.63, 3.8) is 0 Å². The first-order valence-electron chi connectivity index (χ1n) is 8.62. The van der Waals surface area contributed by atoms with Gasteiger partial charge < -0.3 is 15.4 Å². The van der Waals surface area contributed by atoms with Gasteiger partial charge >= 0.3 is 0 Å². The molecule has 1 aliphatic heterocycles. The van der Waals surface area contributed by atoms with E-state index in [0.717, 1.165) is 38.2 Å². The van der Waals surface area contributed by atoms with Crippen molar-refractivity contribution in [3.8, 4) is 0 Å². The molecule has 1 atom stereocenters. The standard InChI is InChI=1S/C16H32N4O/c1-3-21-12-6-10-18-16(17-2)19-14-9-11-20(13-14)15-7-4-5-8-15/h14-15H,3-13H2,1-2H3,(H2,17,18,19). The highest BCUT2D eigenvalue weighted by molar-refractivity contribution is 5.79. The summed E-state index contributed by atoms with van der Waals surface area (Å²) in [4.78, 5) is 7.00. The molecule has 0 spiro atoms. The largest absolute Gasteiger partial charge is 0.382 e. The van der Waals surface area contributed by atoms with Crippen LogP contribution in [0.2, 0.25) is 0 Å². The SMILES string of the molecule is CCOCCCNC(=NC)NC1CCN(C2CCCC2)C1. The molecule has 1 heterocycles. The van der Waals surface area contributed by atoms with Gasteiger partial charge in [-0.1, -0.05) is 12.8 Å². The highest BCUT2D eigenvalue weighted by Gasteiger charge is 2.30. The van der Waals surface area contributed by atoms with Gasteiger partial charge in [-0.15, -0.1) is 0 Å². The lowest BCUT2D eigenvalue weighted by atomic mass is 10.2. The Hall–Kier alpha value is -0.810. The average molecular weight is 296 g/mol. The van der Waals surface area contributed by atoms with Crippen LogP contribution in [0.1, 0.15) is 45.4 Å². The number of ether oxygens (including phenoxy) is 1. The van der Waals surface area contributed by atoms with E-state index < -0.39 is 0 Å². The predicted octanol–water partition coefficient (Wildman–Crippen LogP) is 1.59. The third-order valence-electron chi connectivity index (χ3n) is 4.59. The van der Waals surface area contributed by atoms with Crippen LogP contribution in [0, 0.1) is 0 Å². The first-order valence-corrected chi connectivity index (χ1v) is 8.62. The fourth-order valence-electron chi connectivity index (χ4n) is 3.42. The van der Waals surface area contributed by atoms with Gasteiger partial charge in [0.15, 0.2) is 5.96 Å². The van der Waals surface area contributed by atoms with E-state index in [9.17, 15) is 0 Å². The van der Waals surface area contributed by atoms with Gasteiger partial charge in [0.25, 0.3) is 0 Å². The van der Waals surface area contributed by atoms with Crippen LogP contribution in [0.3, 0.4) is 0 Å². The zero-order valence-corrected chi connectivity index (χ0v) is 13.7. The number of hydrogen-bond donors (Lipinski definition) is 2. The molecular weight excluding hydrogens is 264 g/mol. The van der Waals surface area contributed by atoms with E-state index >= 15 is 0 Å². The maximum Gasteiger partial charge on any atom is 0.191 e. The molecular formula is C16H32N4O. The first kappa shape index (κ1) is 16.6. The molecule has 2 fully saturated rings. The summed E-state index contributed by atoms with van der Waals surface area (Å²) in [6, 6.07) is 1.39. The van der Waals surface area contributed by atoms with Gasteiger partial charge in [0.1, 0.15) is 0 Å². The monoisotopic (exact) mass is 296 g/mol. The molecule has 1 aliphatic carbocycles. The summed E-state index contributed by atoms with van der Waals surface area (Å²) in [6.45, 7) is 6.97. The summed E-state index contributed by atoms with van der Waals surface area (Å²) in [6.07, 6.45) is 7.89. The summed E-state index contributed by atoms with van der Waals surface area (Å²) in [5, 5.41) is 6.95. The molecule has 2 rings (SSSR count). The van der Waals surface area contributed by atoms with E-state index in [1.165, 1.54) is 45.2 Å². The van der Waals surface area contributed by atoms with Crippen molar-refractivity contribution in [3.05, 3.63) is 0 Å². The maximum atomic E-state index is 5.35. The molecule has 5 nitrogen and oxygen atoms in total. The number of aliphatic imine (C=N–C) groups is 1. The Morgan fingerprint density at radius 1 is 1.29 bits per heavy atom. The number of rotatable bonds is 7. The highest BCUT2D eigenvalue weighted by Crippen LogP contribution is 2.26. The zero-order valence-electron chi connectivity index (χ0n) is 13.7. The van der Waals surface area contributed by atoms with Gasteiger partial charge in [0.05, 0.1) is 0 Å². The molecule has 0 radical (unpaired) electrons. The predicted molar refractivity (Wildman–Crippen MR) is 87.8 cm³/mol. The van der Waals surface area contributed by atoms with E-state index in [0.29, 0.717) is 6.04 Å². The van der Waals surface area contributed by atoms with E-state index in [1.807, 2.05) is 14.0 Å². The van der Waals surface area contributed by atoms with Crippen molar-refractivity contribution in [2.45, 2.75) is 57.5 Å². The number of nitrogens with zero attached hydrogens (tertiary/aromatic N) is 2. The molecule has 1 saturated heterocycles. The molecule has 0 aromatic carbocycles. The number of guanidine groups is 1. The smallest absolute Gasteiger partial charge is 0.191 e. The Balaban J connectivity index is 1.63. The Morgan fingerprint density at radius 3 is 2.81 bits per heavy atom. The Bertz CT molecular complexity index is 315. The quantitative estimate of drug-likeness (QED) is 0.426. The molecule has 0 bridgehead atoms. The number of likely N-dealkylation sites (tertiary alicyclic amines) is 1. The summed E-state index contributed by atoms with van der Waals surface area (Å²) in [7, 11) is 1.85. The molecule has 0 amide bonds. The average Bonchev–Trinajstić information content (AvgIpc) is 3.16. The van der Waals surface area contributed by atoms with Gasteiger partial charge in [-0.3, -0.25) is 9.89 Å². The van der Waals surface area contributed by atoms with Crippen LogP contribution in [0.4, 0.5) is 0 Å². The molecule has 0 aromatic heterocycles. The summed E-state index contributed by atoms with van der Waals surface area (Å²) in [5.74, 6) is 0.935. The van der Waals surface area contributed by atoms with Crippen LogP contribution in [-0.2, 0) is 4.74 Å². The topological polar surface area (TPSA) is 48.9 Å². The van der Waals surface area contributed by atoms with Crippen molar-refractivity contribution in [1.82, 2.24) is 15.5 Å². The van der Waals surface area contributed by atoms with E-state index in [-0.39, 0.29) is 0 Å². The van der Waals surface area contributed by atoms with E-state index in [2.05, 4.69) is 20.5 Å². The van der Waals surface area contributed by atoms with Gasteiger partial charge in [-0.05, 0) is 32.6 Å². The van der Waals surface area contributed by atoms with Gasteiger partial charge in [0, 0.05) is 52.0 Å². The van der Waals surface area contributed by atoms with Crippen LogP contribution < -0.4 is 10.6 Å². The second kappa shape index (κ2) is 9.26. The van der Waals surface area contributed by atoms with Crippen LogP contribution in [-0.4, -0.2) is 62.8 Å². The van der Waals surface area contributed by atoms with Crippen LogP contribution in [0.5, 0.6) is 0 Å². The van der Waals surface area contributed by atoms with Crippen molar-refractivity contribution in [1.29, 1.82) is 0 Å². The second-order valence-electron chi connectivity index (χ2n) is 6.11. The van der Waals surface area contributed by atoms with Gasteiger partial charge in [-0.25, -0.2) is 0 Å². The van der Waals surface area contributed by atoms with Crippen LogP contribution in [0.15, 0.2) is 4.99 Å². The minimum absolute atomic E-state index is 0.545. The van der Waals surface area contributed by atoms with Gasteiger partial charge in [0.2, 0.25) is 0 Å². The van der Waals surface area contributed by atoms with Gasteiger partial charge in [-0.2, -0.15) is 0 Å². The lowest BCUT2D eigenvalue weighted by Gasteiger charge is -2.24. The molecule has 2 N–H and O–H groups in total. The van der Waals surface area contributed by atoms with Crippen molar-refractivity contribution >= 4 is 5.96 Å². The third kappa shape index (κ3) is 5.47. The molecule has 0 aromatic rings. The van der Waals surface area contributed by atoms with E-state index in [4.69, 9.17) is 4.74 Å². The maximum absolute atomic E-state index is 5.35. The normalized spacial score (nSPS) is 24.7. The van der Waals surface area contributed by atoms with Crippen LogP contribution >= 0.6 is 0 Å². The van der Waals surface area contributed by atoms with Crippen LogP contribution in [0.25, 0.3) is 0 Å². The lowest BCUT2D eigenvalue weighted by Crippen LogP contribution is -2.45. The summed E-state index contributed by atoms with van der Waals surface area (Å²) >= 11 is 0. The highest BCUT2D eigenvalue weighted by atomic mass is 16.5. The van der Waals surface area contributed by atoms with E-state index in [1.54, 1.807) is 0 Å². The van der Waals surface area contributed by atoms with Crippen molar-refractivity contribution in [2.75, 3.05) is 39.9 Å². The zero-order chi connectivity index (χ0) is 14.9. The van der Waals surface area contributed by atoms with Crippen molar-refractivity contribution in [2.24, 2.45) is 4.99 Å². The fourth-order valence-corrected chi connectivity index (χ4v) is 3.42. The lowest BCUT2D eigenvalue weighted by molar-refractivity contribution is 0.145. The second-order valence-corrected chi connectivity index (χ2v) is 6.11. The molecule has 5 heteroatoms.